The summed E-state index contributed by atoms with van der Waals surface area (Å²) in [5.74, 6) is 0.227. The SMILES string of the molecule is CCOc1ccccc1N1C(=O)C[C@@H](N2CCCc3ccccc32)C1=O. The van der Waals surface area contributed by atoms with Gasteiger partial charge in [0.15, 0.2) is 0 Å². The zero-order valence-corrected chi connectivity index (χ0v) is 14.9. The van der Waals surface area contributed by atoms with Gasteiger partial charge in [0, 0.05) is 12.2 Å². The van der Waals surface area contributed by atoms with Gasteiger partial charge < -0.3 is 9.64 Å². The Morgan fingerprint density at radius 1 is 1.04 bits per heavy atom. The summed E-state index contributed by atoms with van der Waals surface area (Å²) in [4.78, 5) is 29.3. The van der Waals surface area contributed by atoms with Crippen molar-refractivity contribution >= 4 is 23.2 Å². The molecule has 0 bridgehead atoms. The van der Waals surface area contributed by atoms with E-state index in [1.54, 1.807) is 12.1 Å². The third-order valence-electron chi connectivity index (χ3n) is 5.05. The van der Waals surface area contributed by atoms with Crippen LogP contribution in [-0.2, 0) is 16.0 Å². The summed E-state index contributed by atoms with van der Waals surface area (Å²) in [6, 6.07) is 14.9. The minimum Gasteiger partial charge on any atom is -0.492 e. The zero-order valence-electron chi connectivity index (χ0n) is 14.9. The minimum atomic E-state index is -0.446. The lowest BCUT2D eigenvalue weighted by Crippen LogP contribution is -2.44. The summed E-state index contributed by atoms with van der Waals surface area (Å²) in [7, 11) is 0. The number of carbonyl (C=O) groups is 2. The molecule has 26 heavy (non-hydrogen) atoms. The summed E-state index contributed by atoms with van der Waals surface area (Å²) < 4.78 is 5.62. The molecule has 0 aliphatic carbocycles. The summed E-state index contributed by atoms with van der Waals surface area (Å²) in [5.41, 5.74) is 2.86. The van der Waals surface area contributed by atoms with E-state index >= 15 is 0 Å². The van der Waals surface area contributed by atoms with E-state index < -0.39 is 6.04 Å². The van der Waals surface area contributed by atoms with Gasteiger partial charge in [-0.2, -0.15) is 0 Å². The number of hydrogen-bond acceptors (Lipinski definition) is 4. The van der Waals surface area contributed by atoms with Gasteiger partial charge in [-0.1, -0.05) is 30.3 Å². The minimum absolute atomic E-state index is 0.168. The van der Waals surface area contributed by atoms with Crippen LogP contribution in [0.4, 0.5) is 11.4 Å². The second kappa shape index (κ2) is 6.83. The second-order valence-electron chi connectivity index (χ2n) is 6.61. The van der Waals surface area contributed by atoms with Crippen LogP contribution in [0.3, 0.4) is 0 Å². The number of carbonyl (C=O) groups excluding carboxylic acids is 2. The molecule has 0 spiro atoms. The van der Waals surface area contributed by atoms with Crippen molar-refractivity contribution in [2.24, 2.45) is 0 Å². The van der Waals surface area contributed by atoms with Gasteiger partial charge in [-0.05, 0) is 43.5 Å². The number of ether oxygens (including phenoxy) is 1. The van der Waals surface area contributed by atoms with E-state index in [0.717, 1.165) is 25.1 Å². The molecule has 0 radical (unpaired) electrons. The average molecular weight is 350 g/mol. The molecule has 0 saturated carbocycles. The number of aryl methyl sites for hydroxylation is 1. The Morgan fingerprint density at radius 3 is 2.58 bits per heavy atom. The zero-order chi connectivity index (χ0) is 18.1. The van der Waals surface area contributed by atoms with Gasteiger partial charge in [0.1, 0.15) is 11.8 Å². The number of fused-ring (bicyclic) bond motifs is 1. The molecule has 0 aromatic heterocycles. The summed E-state index contributed by atoms with van der Waals surface area (Å²) in [6.07, 6.45) is 2.20. The maximum atomic E-state index is 13.2. The van der Waals surface area contributed by atoms with Crippen molar-refractivity contribution < 1.29 is 14.3 Å². The number of benzene rings is 2. The van der Waals surface area contributed by atoms with E-state index in [4.69, 9.17) is 4.74 Å². The van der Waals surface area contributed by atoms with Crippen LogP contribution in [0.25, 0.3) is 0 Å². The lowest BCUT2D eigenvalue weighted by molar-refractivity contribution is -0.121. The highest BCUT2D eigenvalue weighted by Crippen LogP contribution is 2.36. The van der Waals surface area contributed by atoms with E-state index in [1.165, 1.54) is 10.5 Å². The molecular weight excluding hydrogens is 328 g/mol. The van der Waals surface area contributed by atoms with Gasteiger partial charge in [0.25, 0.3) is 5.91 Å². The Bertz CT molecular complexity index is 849. The fourth-order valence-corrected chi connectivity index (χ4v) is 3.92. The number of amides is 2. The van der Waals surface area contributed by atoms with Crippen LogP contribution < -0.4 is 14.5 Å². The maximum Gasteiger partial charge on any atom is 0.257 e. The Hall–Kier alpha value is -2.82. The van der Waals surface area contributed by atoms with Crippen LogP contribution in [0.15, 0.2) is 48.5 Å². The Kier molecular flexibility index (Phi) is 4.37. The smallest absolute Gasteiger partial charge is 0.257 e. The molecule has 1 saturated heterocycles. The standard InChI is InChI=1S/C21H22N2O3/c1-2-26-19-12-6-5-11-17(19)23-20(24)14-18(21(23)25)22-13-7-9-15-8-3-4-10-16(15)22/h3-6,8,10-12,18H,2,7,9,13-14H2,1H3/t18-/m1/s1. The molecule has 5 nitrogen and oxygen atoms in total. The molecule has 2 heterocycles. The van der Waals surface area contributed by atoms with Crippen molar-refractivity contribution in [2.45, 2.75) is 32.2 Å². The van der Waals surface area contributed by atoms with Crippen LogP contribution in [-0.4, -0.2) is 31.0 Å². The lowest BCUT2D eigenvalue weighted by Gasteiger charge is -2.34. The fourth-order valence-electron chi connectivity index (χ4n) is 3.92. The van der Waals surface area contributed by atoms with E-state index in [-0.39, 0.29) is 18.2 Å². The second-order valence-corrected chi connectivity index (χ2v) is 6.61. The molecule has 1 fully saturated rings. The third kappa shape index (κ3) is 2.73. The highest BCUT2D eigenvalue weighted by molar-refractivity contribution is 6.24. The molecule has 2 aromatic carbocycles. The van der Waals surface area contributed by atoms with Crippen molar-refractivity contribution in [1.29, 1.82) is 0 Å². The predicted molar refractivity (Wildman–Crippen MR) is 101 cm³/mol. The summed E-state index contributed by atoms with van der Waals surface area (Å²) in [6.45, 7) is 3.16. The summed E-state index contributed by atoms with van der Waals surface area (Å²) in [5, 5.41) is 0. The average Bonchev–Trinajstić information content (AvgIpc) is 2.96. The third-order valence-corrected chi connectivity index (χ3v) is 5.05. The van der Waals surface area contributed by atoms with E-state index in [2.05, 4.69) is 11.0 Å². The van der Waals surface area contributed by atoms with Gasteiger partial charge in [-0.25, -0.2) is 4.90 Å². The van der Waals surface area contributed by atoms with E-state index in [1.807, 2.05) is 37.3 Å². The van der Waals surface area contributed by atoms with Crippen molar-refractivity contribution in [3.05, 3.63) is 54.1 Å². The Morgan fingerprint density at radius 2 is 1.77 bits per heavy atom. The molecule has 0 unspecified atom stereocenters. The van der Waals surface area contributed by atoms with Crippen LogP contribution in [0, 0.1) is 0 Å². The van der Waals surface area contributed by atoms with E-state index in [9.17, 15) is 9.59 Å². The molecular formula is C21H22N2O3. The van der Waals surface area contributed by atoms with Gasteiger partial charge in [-0.15, -0.1) is 0 Å². The van der Waals surface area contributed by atoms with Crippen molar-refractivity contribution in [3.63, 3.8) is 0 Å². The van der Waals surface area contributed by atoms with Gasteiger partial charge in [0.05, 0.1) is 18.7 Å². The Balaban J connectivity index is 1.67. The predicted octanol–water partition coefficient (Wildman–Crippen LogP) is 3.17. The van der Waals surface area contributed by atoms with Crippen LogP contribution in [0.5, 0.6) is 5.75 Å². The van der Waals surface area contributed by atoms with Crippen LogP contribution in [0.2, 0.25) is 0 Å². The number of rotatable bonds is 4. The topological polar surface area (TPSA) is 49.9 Å². The van der Waals surface area contributed by atoms with Crippen molar-refractivity contribution in [2.75, 3.05) is 23.0 Å². The van der Waals surface area contributed by atoms with Gasteiger partial charge in [0.2, 0.25) is 5.91 Å². The first-order valence-corrected chi connectivity index (χ1v) is 9.14. The number of imide groups is 1. The molecule has 5 heteroatoms. The molecule has 2 aliphatic rings. The first-order chi connectivity index (χ1) is 12.7. The number of anilines is 2. The number of hydrogen-bond donors (Lipinski definition) is 0. The molecule has 1 atom stereocenters. The summed E-state index contributed by atoms with van der Waals surface area (Å²) >= 11 is 0. The lowest BCUT2D eigenvalue weighted by atomic mass is 9.99. The number of nitrogens with zero attached hydrogens (tertiary/aromatic N) is 2. The molecule has 134 valence electrons. The molecule has 0 N–H and O–H groups in total. The van der Waals surface area contributed by atoms with Crippen LogP contribution in [0.1, 0.15) is 25.3 Å². The molecule has 2 aromatic rings. The molecule has 2 aliphatic heterocycles. The first-order valence-electron chi connectivity index (χ1n) is 9.14. The van der Waals surface area contributed by atoms with Gasteiger partial charge >= 0.3 is 0 Å². The number of para-hydroxylation sites is 3. The molecule has 2 amide bonds. The highest BCUT2D eigenvalue weighted by atomic mass is 16.5. The van der Waals surface area contributed by atoms with Crippen molar-refractivity contribution in [3.8, 4) is 5.75 Å². The Labute approximate surface area is 153 Å². The monoisotopic (exact) mass is 350 g/mol. The van der Waals surface area contributed by atoms with Crippen LogP contribution >= 0.6 is 0 Å². The normalized spacial score (nSPS) is 19.7. The molecule has 4 rings (SSSR count). The van der Waals surface area contributed by atoms with Gasteiger partial charge in [-0.3, -0.25) is 9.59 Å². The van der Waals surface area contributed by atoms with E-state index in [0.29, 0.717) is 18.0 Å². The fraction of sp³-hybridized carbons (Fsp3) is 0.333. The maximum absolute atomic E-state index is 13.2. The largest absolute Gasteiger partial charge is 0.492 e. The first kappa shape index (κ1) is 16.6. The van der Waals surface area contributed by atoms with Crippen molar-refractivity contribution in [1.82, 2.24) is 0 Å². The highest BCUT2D eigenvalue weighted by Gasteiger charge is 2.44. The quantitative estimate of drug-likeness (QED) is 0.795.